The maximum absolute atomic E-state index is 12.6. The molecule has 1 aliphatic heterocycles. The van der Waals surface area contributed by atoms with Crippen LogP contribution in [0.5, 0.6) is 11.5 Å². The Morgan fingerprint density at radius 2 is 1.64 bits per heavy atom. The first-order valence-electron chi connectivity index (χ1n) is 11.3. The molecular weight excluding hydrogens is 418 g/mol. The van der Waals surface area contributed by atoms with Gasteiger partial charge >= 0.3 is 6.03 Å². The maximum Gasteiger partial charge on any atom is 0.315 e. The first-order chi connectivity index (χ1) is 15.9. The van der Waals surface area contributed by atoms with Gasteiger partial charge in [0.1, 0.15) is 0 Å². The quantitative estimate of drug-likeness (QED) is 0.606. The fourth-order valence-corrected chi connectivity index (χ4v) is 4.01. The Morgan fingerprint density at radius 3 is 2.24 bits per heavy atom. The molecule has 1 fully saturated rings. The average molecular weight is 456 g/mol. The minimum atomic E-state index is -0.186. The summed E-state index contributed by atoms with van der Waals surface area (Å²) in [6.45, 7) is 4.96. The Hall–Kier alpha value is -2.97. The average Bonchev–Trinajstić information content (AvgIpc) is 2.84. The van der Waals surface area contributed by atoms with Gasteiger partial charge in [0, 0.05) is 59.1 Å². The van der Waals surface area contributed by atoms with Crippen LogP contribution >= 0.6 is 0 Å². The van der Waals surface area contributed by atoms with Gasteiger partial charge in [-0.15, -0.1) is 0 Å². The summed E-state index contributed by atoms with van der Waals surface area (Å²) < 4.78 is 10.6. The number of ether oxygens (including phenoxy) is 2. The van der Waals surface area contributed by atoms with Gasteiger partial charge in [0.05, 0.1) is 20.3 Å². The van der Waals surface area contributed by atoms with Gasteiger partial charge in [0.15, 0.2) is 11.5 Å². The summed E-state index contributed by atoms with van der Waals surface area (Å²) in [5.74, 6) is 1.31. The second-order valence-corrected chi connectivity index (χ2v) is 8.59. The normalized spacial score (nSPS) is 15.5. The highest BCUT2D eigenvalue weighted by molar-refractivity contribution is 5.74. The molecule has 2 aromatic rings. The number of benzene rings is 2. The highest BCUT2D eigenvalue weighted by atomic mass is 16.5. The van der Waals surface area contributed by atoms with Crippen molar-refractivity contribution in [3.8, 4) is 11.5 Å². The first kappa shape index (κ1) is 24.7. The predicted molar refractivity (Wildman–Crippen MR) is 132 cm³/mol. The number of urea groups is 1. The third kappa shape index (κ3) is 6.76. The molecule has 180 valence electrons. The molecule has 1 saturated heterocycles. The molecule has 0 bridgehead atoms. The number of hydrogen-bond acceptors (Lipinski definition) is 6. The molecule has 8 heteroatoms. The zero-order valence-corrected chi connectivity index (χ0v) is 20.4. The van der Waals surface area contributed by atoms with Crippen molar-refractivity contribution in [2.75, 3.05) is 73.0 Å². The minimum Gasteiger partial charge on any atom is -0.493 e. The van der Waals surface area contributed by atoms with Crippen LogP contribution in [-0.4, -0.2) is 83.9 Å². The summed E-state index contributed by atoms with van der Waals surface area (Å²) in [7, 11) is 9.44. The molecular formula is C25H37N5O3. The van der Waals surface area contributed by atoms with E-state index in [0.29, 0.717) is 24.6 Å². The summed E-state index contributed by atoms with van der Waals surface area (Å²) in [6, 6.07) is 14.2. The number of carbonyl (C=O) groups excluding carboxylic acids is 1. The van der Waals surface area contributed by atoms with Crippen molar-refractivity contribution in [1.82, 2.24) is 20.4 Å². The molecule has 0 aromatic heterocycles. The van der Waals surface area contributed by atoms with E-state index in [1.807, 2.05) is 32.3 Å². The molecule has 33 heavy (non-hydrogen) atoms. The monoisotopic (exact) mass is 455 g/mol. The molecule has 2 N–H and O–H groups in total. The highest BCUT2D eigenvalue weighted by Gasteiger charge is 2.24. The smallest absolute Gasteiger partial charge is 0.315 e. The number of hydrogen-bond donors (Lipinski definition) is 2. The van der Waals surface area contributed by atoms with Crippen molar-refractivity contribution in [2.45, 2.75) is 12.6 Å². The van der Waals surface area contributed by atoms with E-state index in [1.54, 1.807) is 14.2 Å². The van der Waals surface area contributed by atoms with Crippen LogP contribution in [-0.2, 0) is 6.54 Å². The second-order valence-electron chi connectivity index (χ2n) is 8.59. The fourth-order valence-electron chi connectivity index (χ4n) is 4.01. The number of carbonyl (C=O) groups is 1. The number of amides is 2. The van der Waals surface area contributed by atoms with Crippen molar-refractivity contribution in [3.63, 3.8) is 0 Å². The van der Waals surface area contributed by atoms with Gasteiger partial charge in [-0.1, -0.05) is 18.2 Å². The lowest BCUT2D eigenvalue weighted by atomic mass is 10.0. The first-order valence-corrected chi connectivity index (χ1v) is 11.3. The van der Waals surface area contributed by atoms with E-state index in [2.05, 4.69) is 56.6 Å². The Kier molecular flexibility index (Phi) is 8.79. The molecule has 8 nitrogen and oxygen atoms in total. The Balaban J connectivity index is 1.61. The zero-order valence-electron chi connectivity index (χ0n) is 20.4. The van der Waals surface area contributed by atoms with Crippen LogP contribution in [0.4, 0.5) is 10.5 Å². The van der Waals surface area contributed by atoms with Crippen LogP contribution < -0.4 is 25.0 Å². The third-order valence-electron chi connectivity index (χ3n) is 6.13. The molecule has 0 aliphatic carbocycles. The summed E-state index contributed by atoms with van der Waals surface area (Å²) in [6.07, 6.45) is 0. The van der Waals surface area contributed by atoms with Crippen molar-refractivity contribution in [1.29, 1.82) is 0 Å². The molecule has 1 aliphatic rings. The number of nitrogens with zero attached hydrogens (tertiary/aromatic N) is 3. The third-order valence-corrected chi connectivity index (χ3v) is 6.13. The van der Waals surface area contributed by atoms with Gasteiger partial charge in [-0.2, -0.15) is 0 Å². The van der Waals surface area contributed by atoms with Crippen LogP contribution in [0.25, 0.3) is 0 Å². The van der Waals surface area contributed by atoms with Crippen LogP contribution in [0, 0.1) is 0 Å². The van der Waals surface area contributed by atoms with Gasteiger partial charge in [0.25, 0.3) is 0 Å². The standard InChI is InChI=1S/C25H37N5O3/c1-28(2)21-9-7-20(8-10-21)22(30-14-12-29(3)13-15-30)18-27-25(31)26-17-19-6-11-23(32-4)24(16-19)33-5/h6-11,16,22H,12-15,17-18H2,1-5H3,(H2,26,27,31). The van der Waals surface area contributed by atoms with Gasteiger partial charge in [-0.25, -0.2) is 4.79 Å². The van der Waals surface area contributed by atoms with Crippen LogP contribution in [0.2, 0.25) is 0 Å². The number of nitrogens with one attached hydrogen (secondary N) is 2. The summed E-state index contributed by atoms with van der Waals surface area (Å²) in [4.78, 5) is 19.5. The highest BCUT2D eigenvalue weighted by Crippen LogP contribution is 2.27. The number of rotatable bonds is 9. The van der Waals surface area contributed by atoms with Crippen molar-refractivity contribution < 1.29 is 14.3 Å². The lowest BCUT2D eigenvalue weighted by molar-refractivity contribution is 0.111. The van der Waals surface area contributed by atoms with Crippen molar-refractivity contribution in [3.05, 3.63) is 53.6 Å². The predicted octanol–water partition coefficient (Wildman–Crippen LogP) is 2.56. The van der Waals surface area contributed by atoms with Gasteiger partial charge in [-0.3, -0.25) is 4.90 Å². The summed E-state index contributed by atoms with van der Waals surface area (Å²) in [5.41, 5.74) is 3.32. The molecule has 2 aromatic carbocycles. The second kappa shape index (κ2) is 11.8. The van der Waals surface area contributed by atoms with E-state index in [-0.39, 0.29) is 12.1 Å². The SMILES string of the molecule is COc1ccc(CNC(=O)NCC(c2ccc(N(C)C)cc2)N2CCN(C)CC2)cc1OC. The van der Waals surface area contributed by atoms with E-state index < -0.39 is 0 Å². The number of likely N-dealkylation sites (N-methyl/N-ethyl adjacent to an activating group) is 1. The molecule has 2 amide bonds. The zero-order chi connectivity index (χ0) is 23.8. The van der Waals surface area contributed by atoms with Crippen molar-refractivity contribution >= 4 is 11.7 Å². The van der Waals surface area contributed by atoms with Crippen LogP contribution in [0.1, 0.15) is 17.2 Å². The van der Waals surface area contributed by atoms with Gasteiger partial charge < -0.3 is 29.9 Å². The van der Waals surface area contributed by atoms with E-state index in [1.165, 1.54) is 5.56 Å². The summed E-state index contributed by atoms with van der Waals surface area (Å²) in [5, 5.41) is 6.03. The molecule has 1 unspecified atom stereocenters. The van der Waals surface area contributed by atoms with E-state index in [9.17, 15) is 4.79 Å². The topological polar surface area (TPSA) is 69.3 Å². The largest absolute Gasteiger partial charge is 0.493 e. The Labute approximate surface area is 197 Å². The number of piperazine rings is 1. The van der Waals surface area contributed by atoms with Gasteiger partial charge in [-0.05, 0) is 42.4 Å². The molecule has 1 atom stereocenters. The lowest BCUT2D eigenvalue weighted by Gasteiger charge is -2.38. The Morgan fingerprint density at radius 1 is 0.970 bits per heavy atom. The maximum atomic E-state index is 12.6. The number of anilines is 1. The van der Waals surface area contributed by atoms with E-state index >= 15 is 0 Å². The molecule has 0 radical (unpaired) electrons. The van der Waals surface area contributed by atoms with Gasteiger partial charge in [0.2, 0.25) is 0 Å². The molecule has 0 spiro atoms. The van der Waals surface area contributed by atoms with Crippen molar-refractivity contribution in [2.24, 2.45) is 0 Å². The fraction of sp³-hybridized carbons (Fsp3) is 0.480. The molecule has 3 rings (SSSR count). The summed E-state index contributed by atoms with van der Waals surface area (Å²) >= 11 is 0. The number of methoxy groups -OCH3 is 2. The van der Waals surface area contributed by atoms with E-state index in [4.69, 9.17) is 9.47 Å². The minimum absolute atomic E-state index is 0.127. The Bertz CT molecular complexity index is 895. The van der Waals surface area contributed by atoms with Crippen LogP contribution in [0.3, 0.4) is 0 Å². The van der Waals surface area contributed by atoms with E-state index in [0.717, 1.165) is 37.4 Å². The lowest BCUT2D eigenvalue weighted by Crippen LogP contribution is -2.49. The molecule has 0 saturated carbocycles. The van der Waals surface area contributed by atoms with Crippen LogP contribution in [0.15, 0.2) is 42.5 Å². The molecule has 1 heterocycles.